The highest BCUT2D eigenvalue weighted by molar-refractivity contribution is 7.08. The lowest BCUT2D eigenvalue weighted by atomic mass is 10.0. The first-order chi connectivity index (χ1) is 17.5. The second kappa shape index (κ2) is 10.7. The van der Waals surface area contributed by atoms with Crippen LogP contribution in [0.4, 0.5) is 11.4 Å². The molecule has 0 saturated carbocycles. The van der Waals surface area contributed by atoms with E-state index >= 15 is 0 Å². The van der Waals surface area contributed by atoms with Crippen LogP contribution in [0, 0.1) is 6.92 Å². The molecule has 5 rings (SSSR count). The number of halogens is 1. The molecule has 184 valence electrons. The summed E-state index contributed by atoms with van der Waals surface area (Å²) in [5.74, 6) is -0.189. The average molecular weight is 520 g/mol. The molecule has 0 bridgehead atoms. The maximum Gasteiger partial charge on any atom is 0.287 e. The quantitative estimate of drug-likeness (QED) is 0.388. The molecule has 1 saturated heterocycles. The van der Waals surface area contributed by atoms with Crippen LogP contribution in [0.15, 0.2) is 70.3 Å². The Kier molecular flexibility index (Phi) is 7.18. The Morgan fingerprint density at radius 3 is 2.61 bits per heavy atom. The molecule has 0 aliphatic carbocycles. The average Bonchev–Trinajstić information content (AvgIpc) is 3.45. The van der Waals surface area contributed by atoms with Gasteiger partial charge >= 0.3 is 0 Å². The topological polar surface area (TPSA) is 79.3 Å². The second-order valence-corrected chi connectivity index (χ2v) is 9.83. The van der Waals surface area contributed by atoms with Crippen LogP contribution in [0.25, 0.3) is 11.1 Å². The van der Waals surface area contributed by atoms with Crippen LogP contribution in [0.2, 0.25) is 5.02 Å². The van der Waals surface area contributed by atoms with E-state index in [-0.39, 0.29) is 23.0 Å². The number of piperazine rings is 1. The van der Waals surface area contributed by atoms with Crippen LogP contribution in [-0.4, -0.2) is 41.9 Å². The molecule has 1 fully saturated rings. The van der Waals surface area contributed by atoms with Crippen molar-refractivity contribution < 1.29 is 4.79 Å². The Labute approximate surface area is 218 Å². The van der Waals surface area contributed by atoms with E-state index < -0.39 is 0 Å². The van der Waals surface area contributed by atoms with Crippen molar-refractivity contribution in [2.24, 2.45) is 0 Å². The van der Waals surface area contributed by atoms with Gasteiger partial charge in [0.15, 0.2) is 0 Å². The minimum Gasteiger partial charge on any atom is -0.366 e. The third kappa shape index (κ3) is 5.06. The van der Waals surface area contributed by atoms with Crippen LogP contribution in [0.3, 0.4) is 0 Å². The van der Waals surface area contributed by atoms with Crippen molar-refractivity contribution in [2.45, 2.75) is 13.5 Å². The number of nitrogens with zero attached hydrogens (tertiary/aromatic N) is 3. The summed E-state index contributed by atoms with van der Waals surface area (Å²) >= 11 is 8.10. The lowest BCUT2D eigenvalue weighted by molar-refractivity contribution is 0.102. The molecule has 7 nitrogen and oxygen atoms in total. The van der Waals surface area contributed by atoms with Crippen LogP contribution < -0.4 is 21.1 Å². The highest BCUT2D eigenvalue weighted by Gasteiger charge is 2.18. The summed E-state index contributed by atoms with van der Waals surface area (Å²) in [5.41, 5.74) is 5.57. The van der Waals surface area contributed by atoms with E-state index in [0.29, 0.717) is 16.9 Å². The normalized spacial score (nSPS) is 13.6. The van der Waals surface area contributed by atoms with Crippen molar-refractivity contribution in [3.63, 3.8) is 0 Å². The van der Waals surface area contributed by atoms with E-state index in [0.717, 1.165) is 48.4 Å². The Balaban J connectivity index is 1.32. The molecule has 2 N–H and O–H groups in total. The lowest BCUT2D eigenvalue weighted by Crippen LogP contribution is -2.44. The van der Waals surface area contributed by atoms with Crippen LogP contribution in [-0.2, 0) is 6.54 Å². The molecular formula is C27H26ClN5O2S. The number of aromatic nitrogens is 2. The Morgan fingerprint density at radius 1 is 1.11 bits per heavy atom. The summed E-state index contributed by atoms with van der Waals surface area (Å²) in [5, 5.41) is 15.0. The van der Waals surface area contributed by atoms with Crippen molar-refractivity contribution >= 4 is 40.2 Å². The SMILES string of the molecule is Cc1c(Cn2ncc(N3CCNCC3)c(Cl)c2=O)cccc1NC(=O)c1ccc(-c2ccsc2)cc1. The molecule has 3 heterocycles. The molecule has 9 heteroatoms. The van der Waals surface area contributed by atoms with E-state index in [9.17, 15) is 9.59 Å². The zero-order valence-corrected chi connectivity index (χ0v) is 21.4. The van der Waals surface area contributed by atoms with Crippen molar-refractivity contribution in [3.8, 4) is 11.1 Å². The second-order valence-electron chi connectivity index (χ2n) is 8.68. The van der Waals surface area contributed by atoms with Gasteiger partial charge in [0.25, 0.3) is 11.5 Å². The number of anilines is 2. The van der Waals surface area contributed by atoms with E-state index in [1.807, 2.05) is 54.8 Å². The fourth-order valence-electron chi connectivity index (χ4n) is 4.28. The molecule has 1 aliphatic heterocycles. The lowest BCUT2D eigenvalue weighted by Gasteiger charge is -2.29. The summed E-state index contributed by atoms with van der Waals surface area (Å²) in [7, 11) is 0. The molecule has 1 aliphatic rings. The van der Waals surface area contributed by atoms with Gasteiger partial charge in [-0.2, -0.15) is 16.4 Å². The molecule has 0 unspecified atom stereocenters. The molecule has 0 spiro atoms. The fourth-order valence-corrected chi connectivity index (χ4v) is 5.21. The molecule has 36 heavy (non-hydrogen) atoms. The zero-order chi connectivity index (χ0) is 25.1. The Morgan fingerprint density at radius 2 is 1.89 bits per heavy atom. The van der Waals surface area contributed by atoms with Gasteiger partial charge in [0, 0.05) is 37.4 Å². The molecule has 2 aromatic carbocycles. The van der Waals surface area contributed by atoms with E-state index in [4.69, 9.17) is 11.6 Å². The standard InChI is InChI=1S/C27H26ClN5O2S/c1-18-21(16-33-27(35)25(28)24(15-30-33)32-12-10-29-11-13-32)3-2-4-23(18)31-26(34)20-7-5-19(6-8-20)22-9-14-36-17-22/h2-9,14-15,17,29H,10-13,16H2,1H3,(H,31,34). The van der Waals surface area contributed by atoms with Crippen molar-refractivity contribution in [1.29, 1.82) is 0 Å². The first-order valence-corrected chi connectivity index (χ1v) is 13.1. The Hall–Kier alpha value is -3.46. The van der Waals surface area contributed by atoms with E-state index in [1.165, 1.54) is 4.68 Å². The zero-order valence-electron chi connectivity index (χ0n) is 19.8. The maximum atomic E-state index is 13.0. The summed E-state index contributed by atoms with van der Waals surface area (Å²) in [6, 6.07) is 15.2. The van der Waals surface area contributed by atoms with E-state index in [2.05, 4.69) is 32.1 Å². The van der Waals surface area contributed by atoms with Gasteiger partial charge in [0.2, 0.25) is 0 Å². The Bertz CT molecular complexity index is 1430. The summed E-state index contributed by atoms with van der Waals surface area (Å²) in [6.45, 7) is 5.42. The molecule has 2 aromatic heterocycles. The molecule has 0 atom stereocenters. The van der Waals surface area contributed by atoms with Gasteiger partial charge in [-0.3, -0.25) is 9.59 Å². The van der Waals surface area contributed by atoms with Crippen LogP contribution in [0.1, 0.15) is 21.5 Å². The number of nitrogens with one attached hydrogen (secondary N) is 2. The predicted molar refractivity (Wildman–Crippen MR) is 147 cm³/mol. The van der Waals surface area contributed by atoms with Crippen LogP contribution in [0.5, 0.6) is 0 Å². The summed E-state index contributed by atoms with van der Waals surface area (Å²) in [4.78, 5) is 28.0. The van der Waals surface area contributed by atoms with Gasteiger partial charge in [-0.05, 0) is 64.2 Å². The highest BCUT2D eigenvalue weighted by atomic mass is 35.5. The van der Waals surface area contributed by atoms with Gasteiger partial charge in [0.05, 0.1) is 18.4 Å². The first kappa shape index (κ1) is 24.2. The monoisotopic (exact) mass is 519 g/mol. The maximum absolute atomic E-state index is 13.0. The van der Waals surface area contributed by atoms with Gasteiger partial charge in [-0.1, -0.05) is 35.9 Å². The highest BCUT2D eigenvalue weighted by Crippen LogP contribution is 2.25. The number of thiophene rings is 1. The van der Waals surface area contributed by atoms with Gasteiger partial charge in [0.1, 0.15) is 5.02 Å². The van der Waals surface area contributed by atoms with Crippen molar-refractivity contribution in [1.82, 2.24) is 15.1 Å². The van der Waals surface area contributed by atoms with E-state index in [1.54, 1.807) is 17.5 Å². The summed E-state index contributed by atoms with van der Waals surface area (Å²) < 4.78 is 1.37. The largest absolute Gasteiger partial charge is 0.366 e. The molecule has 1 amide bonds. The summed E-state index contributed by atoms with van der Waals surface area (Å²) in [6.07, 6.45) is 1.66. The van der Waals surface area contributed by atoms with Gasteiger partial charge in [-0.25, -0.2) is 4.68 Å². The number of hydrogen-bond donors (Lipinski definition) is 2. The molecule has 0 radical (unpaired) electrons. The number of rotatable bonds is 6. The molecular weight excluding hydrogens is 494 g/mol. The third-order valence-corrected chi connectivity index (χ3v) is 7.48. The number of amides is 1. The molecule has 4 aromatic rings. The first-order valence-electron chi connectivity index (χ1n) is 11.7. The minimum atomic E-state index is -0.327. The number of carbonyl (C=O) groups is 1. The van der Waals surface area contributed by atoms with Gasteiger partial charge in [-0.15, -0.1) is 0 Å². The van der Waals surface area contributed by atoms with Gasteiger partial charge < -0.3 is 15.5 Å². The van der Waals surface area contributed by atoms with Crippen molar-refractivity contribution in [2.75, 3.05) is 36.4 Å². The number of benzene rings is 2. The fraction of sp³-hybridized carbons (Fsp3) is 0.222. The van der Waals surface area contributed by atoms with Crippen LogP contribution >= 0.6 is 22.9 Å². The minimum absolute atomic E-state index is 0.180. The number of hydrogen-bond acceptors (Lipinski definition) is 6. The number of carbonyl (C=O) groups excluding carboxylic acids is 1. The van der Waals surface area contributed by atoms with Crippen molar-refractivity contribution in [3.05, 3.63) is 97.6 Å². The predicted octanol–water partition coefficient (Wildman–Crippen LogP) is 4.64. The third-order valence-electron chi connectivity index (χ3n) is 6.44. The smallest absolute Gasteiger partial charge is 0.287 e.